The normalized spacial score (nSPS) is 12.3. The molecule has 0 amide bonds. The van der Waals surface area contributed by atoms with E-state index in [2.05, 4.69) is 24.3 Å². The molecule has 0 fully saturated rings. The van der Waals surface area contributed by atoms with E-state index in [1.54, 1.807) is 0 Å². The van der Waals surface area contributed by atoms with Gasteiger partial charge in [0, 0.05) is 26.9 Å². The molecule has 0 aliphatic rings. The minimum absolute atomic E-state index is 0.00173. The summed E-state index contributed by atoms with van der Waals surface area (Å²) in [7, 11) is 0. The van der Waals surface area contributed by atoms with Crippen molar-refractivity contribution in [2.45, 2.75) is 0 Å². The predicted molar refractivity (Wildman–Crippen MR) is 126 cm³/mol. The second kappa shape index (κ2) is 5.31. The lowest BCUT2D eigenvalue weighted by atomic mass is 9.96. The van der Waals surface area contributed by atoms with Crippen LogP contribution in [0.15, 0.2) is 94.5 Å². The lowest BCUT2D eigenvalue weighted by molar-refractivity contribution is 1.79. The molecule has 7 aromatic rings. The van der Waals surface area contributed by atoms with Crippen LogP contribution in [0.2, 0.25) is 0 Å². The molecule has 138 valence electrons. The predicted octanol–water partition coefficient (Wildman–Crippen LogP) is 6.20. The third-order valence-corrected chi connectivity index (χ3v) is 6.54. The van der Waals surface area contributed by atoms with Crippen molar-refractivity contribution in [3.63, 3.8) is 0 Å². The van der Waals surface area contributed by atoms with Crippen LogP contribution >= 0.6 is 0 Å². The second-order valence-electron chi connectivity index (χ2n) is 7.99. The Morgan fingerprint density at radius 3 is 1.40 bits per heavy atom. The van der Waals surface area contributed by atoms with Crippen molar-refractivity contribution in [1.29, 1.82) is 0 Å². The highest BCUT2D eigenvalue weighted by Gasteiger charge is 2.19. The first-order valence-corrected chi connectivity index (χ1v) is 10.0. The Bertz CT molecular complexity index is 1930. The van der Waals surface area contributed by atoms with Gasteiger partial charge in [-0.15, -0.1) is 0 Å². The molecular weight excluding hydrogens is 368 g/mol. The fraction of sp³-hybridized carbons (Fsp3) is 0. The van der Waals surface area contributed by atoms with Gasteiger partial charge >= 0.3 is 0 Å². The van der Waals surface area contributed by atoms with Crippen LogP contribution < -0.4 is 10.9 Å². The van der Waals surface area contributed by atoms with E-state index in [1.807, 2.05) is 60.7 Å². The maximum Gasteiger partial charge on any atom is 0.194 e. The van der Waals surface area contributed by atoms with E-state index in [0.29, 0.717) is 16.2 Å². The summed E-state index contributed by atoms with van der Waals surface area (Å²) in [5.41, 5.74) is 0.00961. The van der Waals surface area contributed by atoms with E-state index < -0.39 is 0 Å². The first-order chi connectivity index (χ1) is 14.7. The van der Waals surface area contributed by atoms with Gasteiger partial charge < -0.3 is 0 Å². The molecule has 2 heteroatoms. The van der Waals surface area contributed by atoms with Crippen molar-refractivity contribution >= 4 is 64.6 Å². The molecule has 0 radical (unpaired) electrons. The number of hydrogen-bond donors (Lipinski definition) is 0. The molecule has 0 heterocycles. The zero-order valence-corrected chi connectivity index (χ0v) is 15.9. The van der Waals surface area contributed by atoms with Gasteiger partial charge in [-0.3, -0.25) is 9.59 Å². The van der Waals surface area contributed by atoms with E-state index in [9.17, 15) is 9.59 Å². The minimum Gasteiger partial charge on any atom is -0.289 e. The standard InChI is InChI=1S/C28H14O2/c29-27-20-12-6-3-9-17(20)21-13-22-24(14-23(21)27)28(30)26-19-11-5-2-8-16(19)15-7-1-4-10-18(15)25(22)26/h1-14H. The summed E-state index contributed by atoms with van der Waals surface area (Å²) >= 11 is 0. The monoisotopic (exact) mass is 382 g/mol. The fourth-order valence-corrected chi connectivity index (χ4v) is 5.26. The number of hydrogen-bond acceptors (Lipinski definition) is 2. The van der Waals surface area contributed by atoms with Crippen molar-refractivity contribution < 1.29 is 0 Å². The van der Waals surface area contributed by atoms with Crippen molar-refractivity contribution in [1.82, 2.24) is 0 Å². The molecule has 0 unspecified atom stereocenters. The molecule has 0 aliphatic carbocycles. The van der Waals surface area contributed by atoms with E-state index in [4.69, 9.17) is 0 Å². The summed E-state index contributed by atoms with van der Waals surface area (Å²) in [6, 6.07) is 27.9. The third-order valence-electron chi connectivity index (χ3n) is 6.54. The Morgan fingerprint density at radius 1 is 0.333 bits per heavy atom. The van der Waals surface area contributed by atoms with Crippen LogP contribution in [0.25, 0.3) is 64.6 Å². The van der Waals surface area contributed by atoms with Crippen LogP contribution in [0.3, 0.4) is 0 Å². The summed E-state index contributed by atoms with van der Waals surface area (Å²) in [6.45, 7) is 0. The van der Waals surface area contributed by atoms with Crippen LogP contribution in [0, 0.1) is 0 Å². The van der Waals surface area contributed by atoms with E-state index in [1.165, 1.54) is 0 Å². The van der Waals surface area contributed by atoms with Crippen LogP contribution in [-0.2, 0) is 0 Å². The molecular formula is C28H14O2. The Kier molecular flexibility index (Phi) is 2.80. The zero-order valence-electron chi connectivity index (χ0n) is 15.9. The van der Waals surface area contributed by atoms with Gasteiger partial charge in [0.2, 0.25) is 0 Å². The van der Waals surface area contributed by atoms with E-state index in [0.717, 1.165) is 48.5 Å². The Morgan fingerprint density at radius 2 is 0.767 bits per heavy atom. The summed E-state index contributed by atoms with van der Waals surface area (Å²) in [6.07, 6.45) is 0. The average molecular weight is 382 g/mol. The van der Waals surface area contributed by atoms with Crippen LogP contribution in [0.4, 0.5) is 0 Å². The van der Waals surface area contributed by atoms with Crippen LogP contribution in [0.1, 0.15) is 0 Å². The molecule has 2 nitrogen and oxygen atoms in total. The molecule has 0 saturated carbocycles. The highest BCUT2D eigenvalue weighted by atomic mass is 16.1. The Hall–Kier alpha value is -4.04. The summed E-state index contributed by atoms with van der Waals surface area (Å²) in [4.78, 5) is 26.6. The van der Waals surface area contributed by atoms with Gasteiger partial charge in [-0.25, -0.2) is 0 Å². The highest BCUT2D eigenvalue weighted by Crippen LogP contribution is 2.39. The molecule has 0 aliphatic heterocycles. The van der Waals surface area contributed by atoms with Crippen molar-refractivity contribution in [2.75, 3.05) is 0 Å². The topological polar surface area (TPSA) is 34.1 Å². The van der Waals surface area contributed by atoms with Gasteiger partial charge in [-0.05, 0) is 49.8 Å². The van der Waals surface area contributed by atoms with Gasteiger partial charge in [0.25, 0.3) is 0 Å². The molecule has 7 rings (SSSR count). The summed E-state index contributed by atoms with van der Waals surface area (Å²) < 4.78 is 0. The molecule has 7 aromatic carbocycles. The van der Waals surface area contributed by atoms with Gasteiger partial charge in [-0.1, -0.05) is 72.8 Å². The molecule has 0 spiro atoms. The first kappa shape index (κ1) is 15.8. The molecule has 30 heavy (non-hydrogen) atoms. The fourth-order valence-electron chi connectivity index (χ4n) is 5.26. The average Bonchev–Trinajstić information content (AvgIpc) is 3.25. The lowest BCUT2D eigenvalue weighted by Gasteiger charge is -2.07. The van der Waals surface area contributed by atoms with Crippen molar-refractivity contribution in [3.8, 4) is 0 Å². The highest BCUT2D eigenvalue weighted by molar-refractivity contribution is 6.34. The quantitative estimate of drug-likeness (QED) is 0.293. The number of rotatable bonds is 0. The lowest BCUT2D eigenvalue weighted by Crippen LogP contribution is -1.97. The molecule has 0 bridgehead atoms. The van der Waals surface area contributed by atoms with Gasteiger partial charge in [0.05, 0.1) is 0 Å². The SMILES string of the molecule is O=c1c2ccccc2c2cc3c(cc12)c(=O)c1c2ccccc2c2ccccc2c31. The van der Waals surface area contributed by atoms with E-state index in [-0.39, 0.29) is 10.9 Å². The van der Waals surface area contributed by atoms with Gasteiger partial charge in [-0.2, -0.15) is 0 Å². The van der Waals surface area contributed by atoms with Gasteiger partial charge in [0.15, 0.2) is 10.9 Å². The first-order valence-electron chi connectivity index (χ1n) is 10.0. The molecule has 0 N–H and O–H groups in total. The van der Waals surface area contributed by atoms with Crippen LogP contribution in [0.5, 0.6) is 0 Å². The minimum atomic E-state index is 0.00173. The number of benzene rings is 5. The third kappa shape index (κ3) is 1.75. The Balaban J connectivity index is 1.87. The maximum absolute atomic E-state index is 13.6. The van der Waals surface area contributed by atoms with Crippen LogP contribution in [-0.4, -0.2) is 0 Å². The summed E-state index contributed by atoms with van der Waals surface area (Å²) in [5, 5.41) is 10.8. The molecule has 0 aromatic heterocycles. The smallest absolute Gasteiger partial charge is 0.194 e. The zero-order chi connectivity index (χ0) is 20.0. The number of fused-ring (bicyclic) bond motifs is 11. The van der Waals surface area contributed by atoms with Crippen molar-refractivity contribution in [3.05, 3.63) is 105 Å². The maximum atomic E-state index is 13.6. The molecule has 0 atom stereocenters. The van der Waals surface area contributed by atoms with E-state index >= 15 is 0 Å². The molecule has 0 saturated heterocycles. The largest absolute Gasteiger partial charge is 0.289 e. The summed E-state index contributed by atoms with van der Waals surface area (Å²) in [5.74, 6) is 0. The Labute approximate surface area is 170 Å². The van der Waals surface area contributed by atoms with Crippen molar-refractivity contribution in [2.24, 2.45) is 0 Å². The van der Waals surface area contributed by atoms with Gasteiger partial charge in [0.1, 0.15) is 0 Å². The second-order valence-corrected chi connectivity index (χ2v) is 7.99.